The number of hydrogen-bond donors (Lipinski definition) is 3. The smallest absolute Gasteiger partial charge is 0.340 e. The molecule has 1 amide bonds. The number of carbonyl (C=O) groups is 2. The van der Waals surface area contributed by atoms with Gasteiger partial charge in [0.1, 0.15) is 11.4 Å². The Bertz CT molecular complexity index is 533. The summed E-state index contributed by atoms with van der Waals surface area (Å²) in [7, 11) is 0. The molecule has 0 heterocycles. The number of nitrogens with one attached hydrogen (secondary N) is 1. The van der Waals surface area contributed by atoms with Crippen LogP contribution in [-0.4, -0.2) is 23.5 Å². The van der Waals surface area contributed by atoms with E-state index in [1.54, 1.807) is 0 Å². The van der Waals surface area contributed by atoms with Gasteiger partial charge in [-0.2, -0.15) is 0 Å². The van der Waals surface area contributed by atoms with E-state index in [0.29, 0.717) is 6.54 Å². The van der Waals surface area contributed by atoms with Gasteiger partial charge in [0.05, 0.1) is 5.69 Å². The third-order valence-electron chi connectivity index (χ3n) is 3.78. The maximum absolute atomic E-state index is 13.5. The summed E-state index contributed by atoms with van der Waals surface area (Å²) in [6, 6.07) is 3.81. The summed E-state index contributed by atoms with van der Waals surface area (Å²) in [5, 5.41) is 11.5. The number of benzene rings is 1. The van der Waals surface area contributed by atoms with Crippen LogP contribution in [0.15, 0.2) is 18.2 Å². The summed E-state index contributed by atoms with van der Waals surface area (Å²) < 4.78 is 13.5. The van der Waals surface area contributed by atoms with Crippen LogP contribution in [0.5, 0.6) is 0 Å². The highest BCUT2D eigenvalue weighted by atomic mass is 19.1. The molecule has 1 saturated carbocycles. The first-order valence-electron chi connectivity index (χ1n) is 6.57. The summed E-state index contributed by atoms with van der Waals surface area (Å²) in [6.07, 6.45) is 2.55. The van der Waals surface area contributed by atoms with E-state index in [4.69, 9.17) is 10.8 Å². The Morgan fingerprint density at radius 3 is 2.80 bits per heavy atom. The number of halogens is 1. The lowest BCUT2D eigenvalue weighted by Gasteiger charge is -2.18. The van der Waals surface area contributed by atoms with Crippen LogP contribution in [0, 0.1) is 17.7 Å². The number of amides is 1. The summed E-state index contributed by atoms with van der Waals surface area (Å²) in [5.41, 5.74) is 5.10. The second-order valence-electron chi connectivity index (χ2n) is 4.99. The lowest BCUT2D eigenvalue weighted by molar-refractivity contribution is -0.120. The molecule has 0 aromatic heterocycles. The van der Waals surface area contributed by atoms with Crippen molar-refractivity contribution in [3.05, 3.63) is 29.6 Å². The second-order valence-corrected chi connectivity index (χ2v) is 4.99. The topological polar surface area (TPSA) is 92.4 Å². The number of carboxylic acids is 1. The van der Waals surface area contributed by atoms with Crippen molar-refractivity contribution < 1.29 is 19.1 Å². The van der Waals surface area contributed by atoms with E-state index in [-0.39, 0.29) is 23.4 Å². The molecule has 1 fully saturated rings. The third-order valence-corrected chi connectivity index (χ3v) is 3.78. The summed E-state index contributed by atoms with van der Waals surface area (Å²) in [4.78, 5) is 23.2. The Kier molecular flexibility index (Phi) is 4.34. The number of carboxylic acid groups (broad SMARTS) is 1. The SMILES string of the molecule is NCC1CCCC1C(=O)Nc1cccc(F)c1C(=O)O. The highest BCUT2D eigenvalue weighted by molar-refractivity contribution is 6.01. The van der Waals surface area contributed by atoms with E-state index in [1.165, 1.54) is 12.1 Å². The molecule has 0 aliphatic heterocycles. The highest BCUT2D eigenvalue weighted by Gasteiger charge is 2.32. The lowest BCUT2D eigenvalue weighted by Crippen LogP contribution is -2.30. The fourth-order valence-corrected chi connectivity index (χ4v) is 2.74. The van der Waals surface area contributed by atoms with Gasteiger partial charge in [0.2, 0.25) is 5.91 Å². The molecule has 4 N–H and O–H groups in total. The van der Waals surface area contributed by atoms with Crippen molar-refractivity contribution in [3.63, 3.8) is 0 Å². The van der Waals surface area contributed by atoms with Crippen molar-refractivity contribution in [3.8, 4) is 0 Å². The molecule has 0 spiro atoms. The number of anilines is 1. The molecular formula is C14H17FN2O3. The normalized spacial score (nSPS) is 21.7. The summed E-state index contributed by atoms with van der Waals surface area (Å²) >= 11 is 0. The van der Waals surface area contributed by atoms with E-state index in [0.717, 1.165) is 25.3 Å². The van der Waals surface area contributed by atoms with Crippen molar-refractivity contribution in [2.75, 3.05) is 11.9 Å². The van der Waals surface area contributed by atoms with E-state index < -0.39 is 17.3 Å². The van der Waals surface area contributed by atoms with E-state index in [9.17, 15) is 14.0 Å². The molecule has 0 bridgehead atoms. The van der Waals surface area contributed by atoms with Gasteiger partial charge >= 0.3 is 5.97 Å². The van der Waals surface area contributed by atoms with Crippen LogP contribution in [0.2, 0.25) is 0 Å². The highest BCUT2D eigenvalue weighted by Crippen LogP contribution is 2.32. The summed E-state index contributed by atoms with van der Waals surface area (Å²) in [6.45, 7) is 0.424. The zero-order chi connectivity index (χ0) is 14.7. The fraction of sp³-hybridized carbons (Fsp3) is 0.429. The molecule has 1 aromatic rings. The molecule has 108 valence electrons. The average Bonchev–Trinajstić information content (AvgIpc) is 2.86. The number of nitrogens with two attached hydrogens (primary N) is 1. The molecule has 1 aliphatic carbocycles. The maximum atomic E-state index is 13.5. The lowest BCUT2D eigenvalue weighted by atomic mass is 9.95. The standard InChI is InChI=1S/C14H17FN2O3/c15-10-5-2-6-11(12(10)14(19)20)17-13(18)9-4-1-3-8(9)7-16/h2,5-6,8-9H,1,3-4,7,16H2,(H,17,18)(H,19,20). The van der Waals surface area contributed by atoms with Crippen molar-refractivity contribution in [2.24, 2.45) is 17.6 Å². The van der Waals surface area contributed by atoms with Crippen LogP contribution in [-0.2, 0) is 4.79 Å². The molecule has 1 aromatic carbocycles. The third kappa shape index (κ3) is 2.80. The zero-order valence-electron chi connectivity index (χ0n) is 10.9. The molecule has 1 aliphatic rings. The number of hydrogen-bond acceptors (Lipinski definition) is 3. The Morgan fingerprint density at radius 1 is 1.40 bits per heavy atom. The quantitative estimate of drug-likeness (QED) is 0.784. The van der Waals surface area contributed by atoms with Gasteiger partial charge in [0, 0.05) is 5.92 Å². The van der Waals surface area contributed by atoms with Crippen molar-refractivity contribution >= 4 is 17.6 Å². The second kappa shape index (κ2) is 6.00. The molecular weight excluding hydrogens is 263 g/mol. The van der Waals surface area contributed by atoms with Gasteiger partial charge in [-0.1, -0.05) is 12.5 Å². The molecule has 20 heavy (non-hydrogen) atoms. The van der Waals surface area contributed by atoms with Gasteiger partial charge < -0.3 is 16.2 Å². The van der Waals surface area contributed by atoms with Gasteiger partial charge in [0.25, 0.3) is 0 Å². The van der Waals surface area contributed by atoms with Crippen molar-refractivity contribution in [2.45, 2.75) is 19.3 Å². The van der Waals surface area contributed by atoms with Gasteiger partial charge in [-0.25, -0.2) is 9.18 Å². The Hall–Kier alpha value is -1.95. The van der Waals surface area contributed by atoms with Crippen LogP contribution < -0.4 is 11.1 Å². The Morgan fingerprint density at radius 2 is 2.15 bits per heavy atom. The van der Waals surface area contributed by atoms with Crippen LogP contribution in [0.25, 0.3) is 0 Å². The molecule has 2 unspecified atom stereocenters. The van der Waals surface area contributed by atoms with Crippen molar-refractivity contribution in [1.29, 1.82) is 0 Å². The minimum atomic E-state index is -1.40. The Balaban J connectivity index is 2.20. The van der Waals surface area contributed by atoms with Crippen LogP contribution in [0.4, 0.5) is 10.1 Å². The molecule has 2 atom stereocenters. The first-order chi connectivity index (χ1) is 9.54. The first kappa shape index (κ1) is 14.5. The molecule has 2 rings (SSSR count). The number of carbonyl (C=O) groups excluding carboxylic acids is 1. The van der Waals surface area contributed by atoms with Crippen LogP contribution in [0.3, 0.4) is 0 Å². The van der Waals surface area contributed by atoms with Gasteiger partial charge in [-0.3, -0.25) is 4.79 Å². The fourth-order valence-electron chi connectivity index (χ4n) is 2.74. The minimum absolute atomic E-state index is 0.00910. The molecule has 0 radical (unpaired) electrons. The number of rotatable bonds is 4. The van der Waals surface area contributed by atoms with E-state index in [2.05, 4.69) is 5.32 Å². The van der Waals surface area contributed by atoms with Crippen LogP contribution >= 0.6 is 0 Å². The van der Waals surface area contributed by atoms with Gasteiger partial charge in [-0.05, 0) is 37.4 Å². The predicted molar refractivity (Wildman–Crippen MR) is 71.9 cm³/mol. The number of aromatic carboxylic acids is 1. The predicted octanol–water partition coefficient (Wildman–Crippen LogP) is 1.84. The first-order valence-corrected chi connectivity index (χ1v) is 6.57. The molecule has 6 heteroatoms. The van der Waals surface area contributed by atoms with Gasteiger partial charge in [-0.15, -0.1) is 0 Å². The van der Waals surface area contributed by atoms with Crippen molar-refractivity contribution in [1.82, 2.24) is 0 Å². The Labute approximate surface area is 116 Å². The zero-order valence-corrected chi connectivity index (χ0v) is 10.9. The average molecular weight is 280 g/mol. The van der Waals surface area contributed by atoms with Gasteiger partial charge in [0.15, 0.2) is 0 Å². The maximum Gasteiger partial charge on any atom is 0.340 e. The molecule has 0 saturated heterocycles. The minimum Gasteiger partial charge on any atom is -0.478 e. The van der Waals surface area contributed by atoms with E-state index >= 15 is 0 Å². The monoisotopic (exact) mass is 280 g/mol. The molecule has 5 nitrogen and oxygen atoms in total. The largest absolute Gasteiger partial charge is 0.478 e. The van der Waals surface area contributed by atoms with E-state index in [1.807, 2.05) is 0 Å². The summed E-state index contributed by atoms with van der Waals surface area (Å²) in [5.74, 6) is -2.68. The van der Waals surface area contributed by atoms with Crippen LogP contribution in [0.1, 0.15) is 29.6 Å².